The van der Waals surface area contributed by atoms with Crippen LogP contribution in [0, 0.1) is 0 Å². The van der Waals surface area contributed by atoms with E-state index in [0.29, 0.717) is 0 Å². The molecule has 1 N–H and O–H groups in total. The number of benzene rings is 2. The molecule has 4 nitrogen and oxygen atoms in total. The highest BCUT2D eigenvalue weighted by Crippen LogP contribution is 2.44. The summed E-state index contributed by atoms with van der Waals surface area (Å²) in [4.78, 5) is 14.7. The predicted octanol–water partition coefficient (Wildman–Crippen LogP) is 3.16. The van der Waals surface area contributed by atoms with Crippen LogP contribution in [-0.4, -0.2) is 37.6 Å². The van der Waals surface area contributed by atoms with Crippen LogP contribution in [0.4, 0.5) is 0 Å². The Morgan fingerprint density at radius 1 is 1.08 bits per heavy atom. The number of halogens is 2. The maximum absolute atomic E-state index is 12.4. The molecule has 0 spiro atoms. The number of nitrogens with zero attached hydrogens (tertiary/aromatic N) is 1. The van der Waals surface area contributed by atoms with Crippen LogP contribution in [0.25, 0.3) is 0 Å². The van der Waals surface area contributed by atoms with Gasteiger partial charge in [0.2, 0.25) is 5.91 Å². The number of carbonyl (C=O) groups excluding carboxylic acids is 1. The molecule has 2 aliphatic heterocycles. The summed E-state index contributed by atoms with van der Waals surface area (Å²) in [6.45, 7) is 2.45. The van der Waals surface area contributed by atoms with Crippen LogP contribution in [0.2, 0.25) is 0 Å². The molecule has 0 radical (unpaired) electrons. The smallest absolute Gasteiger partial charge is 0.242 e. The lowest BCUT2D eigenvalue weighted by atomic mass is 9.80. The molecule has 6 heteroatoms. The van der Waals surface area contributed by atoms with Crippen molar-refractivity contribution < 1.29 is 9.53 Å². The SMILES string of the molecule is COc1cccc2c1C(c1ccccc1)CN1CCNC(=O)C21.Cl.Cl. The molecular weight excluding hydrogens is 359 g/mol. The van der Waals surface area contributed by atoms with Gasteiger partial charge in [0.05, 0.1) is 7.11 Å². The number of fused-ring (bicyclic) bond motifs is 3. The van der Waals surface area contributed by atoms with Gasteiger partial charge in [-0.05, 0) is 17.2 Å². The van der Waals surface area contributed by atoms with Gasteiger partial charge in [-0.15, -0.1) is 24.8 Å². The van der Waals surface area contributed by atoms with Crippen molar-refractivity contribution in [2.75, 3.05) is 26.7 Å². The molecule has 2 atom stereocenters. The van der Waals surface area contributed by atoms with Crippen molar-refractivity contribution in [2.24, 2.45) is 0 Å². The van der Waals surface area contributed by atoms with E-state index in [-0.39, 0.29) is 42.7 Å². The zero-order chi connectivity index (χ0) is 15.8. The highest BCUT2D eigenvalue weighted by Gasteiger charge is 2.40. The summed E-state index contributed by atoms with van der Waals surface area (Å²) < 4.78 is 5.63. The summed E-state index contributed by atoms with van der Waals surface area (Å²) in [5.41, 5.74) is 3.49. The first-order valence-corrected chi connectivity index (χ1v) is 8.03. The average Bonchev–Trinajstić information content (AvgIpc) is 2.61. The lowest BCUT2D eigenvalue weighted by Gasteiger charge is -2.43. The first kappa shape index (κ1) is 19.6. The van der Waals surface area contributed by atoms with Gasteiger partial charge in [-0.1, -0.05) is 42.5 Å². The predicted molar refractivity (Wildman–Crippen MR) is 103 cm³/mol. The van der Waals surface area contributed by atoms with Crippen molar-refractivity contribution in [1.29, 1.82) is 0 Å². The molecule has 134 valence electrons. The topological polar surface area (TPSA) is 41.6 Å². The van der Waals surface area contributed by atoms with E-state index in [1.54, 1.807) is 7.11 Å². The standard InChI is InChI=1S/C19H20N2O2.2ClH/c1-23-16-9-5-8-14-17(16)15(13-6-3-2-4-7-13)12-21-11-10-20-19(22)18(14)21;;/h2-9,15,18H,10-12H2,1H3,(H,20,22);2*1H. The zero-order valence-corrected chi connectivity index (χ0v) is 15.6. The molecule has 25 heavy (non-hydrogen) atoms. The van der Waals surface area contributed by atoms with Crippen molar-refractivity contribution >= 4 is 30.7 Å². The molecule has 2 heterocycles. The van der Waals surface area contributed by atoms with Crippen molar-refractivity contribution in [2.45, 2.75) is 12.0 Å². The second kappa shape index (κ2) is 8.09. The summed E-state index contributed by atoms with van der Waals surface area (Å²) >= 11 is 0. The van der Waals surface area contributed by atoms with E-state index >= 15 is 0 Å². The number of hydrogen-bond acceptors (Lipinski definition) is 3. The van der Waals surface area contributed by atoms with Crippen LogP contribution < -0.4 is 10.1 Å². The fourth-order valence-electron chi connectivity index (χ4n) is 3.88. The number of carbonyl (C=O) groups is 1. The van der Waals surface area contributed by atoms with E-state index in [9.17, 15) is 4.79 Å². The van der Waals surface area contributed by atoms with Crippen molar-refractivity contribution in [3.05, 3.63) is 65.2 Å². The maximum Gasteiger partial charge on any atom is 0.242 e. The Labute approximate surface area is 160 Å². The minimum Gasteiger partial charge on any atom is -0.496 e. The fraction of sp³-hybridized carbons (Fsp3) is 0.316. The summed E-state index contributed by atoms with van der Waals surface area (Å²) in [6.07, 6.45) is 0. The zero-order valence-electron chi connectivity index (χ0n) is 14.0. The molecule has 2 aromatic carbocycles. The molecule has 2 aromatic rings. The highest BCUT2D eigenvalue weighted by atomic mass is 35.5. The van der Waals surface area contributed by atoms with Gasteiger partial charge in [0.1, 0.15) is 11.8 Å². The van der Waals surface area contributed by atoms with Crippen LogP contribution in [0.5, 0.6) is 5.75 Å². The summed E-state index contributed by atoms with van der Waals surface area (Å²) in [5.74, 6) is 1.19. The summed E-state index contributed by atoms with van der Waals surface area (Å²) in [6, 6.07) is 16.3. The van der Waals surface area contributed by atoms with E-state index in [0.717, 1.165) is 36.5 Å². The quantitative estimate of drug-likeness (QED) is 0.869. The Bertz CT molecular complexity index is 739. The number of nitrogens with one attached hydrogen (secondary N) is 1. The molecule has 4 rings (SSSR count). The van der Waals surface area contributed by atoms with Gasteiger partial charge in [-0.3, -0.25) is 9.69 Å². The van der Waals surface area contributed by atoms with E-state index < -0.39 is 0 Å². The molecule has 0 saturated carbocycles. The molecule has 1 amide bonds. The van der Waals surface area contributed by atoms with Crippen molar-refractivity contribution in [3.63, 3.8) is 0 Å². The molecular formula is C19H22Cl2N2O2. The van der Waals surface area contributed by atoms with Crippen molar-refractivity contribution in [1.82, 2.24) is 10.2 Å². The van der Waals surface area contributed by atoms with Gasteiger partial charge in [-0.2, -0.15) is 0 Å². The number of amides is 1. The number of hydrogen-bond donors (Lipinski definition) is 1. The number of ether oxygens (including phenoxy) is 1. The Hall–Kier alpha value is -1.75. The molecule has 0 aromatic heterocycles. The maximum atomic E-state index is 12.4. The van der Waals surface area contributed by atoms with Gasteiger partial charge in [0.25, 0.3) is 0 Å². The van der Waals surface area contributed by atoms with Crippen LogP contribution in [0.15, 0.2) is 48.5 Å². The second-order valence-electron chi connectivity index (χ2n) is 6.11. The molecule has 1 saturated heterocycles. The number of methoxy groups -OCH3 is 1. The van der Waals surface area contributed by atoms with Gasteiger partial charge in [0, 0.05) is 31.1 Å². The van der Waals surface area contributed by atoms with Crippen LogP contribution in [0.1, 0.15) is 28.7 Å². The minimum atomic E-state index is -0.200. The van der Waals surface area contributed by atoms with E-state index in [1.165, 1.54) is 5.56 Å². The Kier molecular flexibility index (Phi) is 6.33. The lowest BCUT2D eigenvalue weighted by molar-refractivity contribution is -0.129. The van der Waals surface area contributed by atoms with Crippen LogP contribution in [0.3, 0.4) is 0 Å². The van der Waals surface area contributed by atoms with E-state index in [1.807, 2.05) is 18.2 Å². The summed E-state index contributed by atoms with van der Waals surface area (Å²) in [7, 11) is 1.70. The minimum absolute atomic E-state index is 0. The Morgan fingerprint density at radius 3 is 2.56 bits per heavy atom. The van der Waals surface area contributed by atoms with Gasteiger partial charge < -0.3 is 10.1 Å². The lowest BCUT2D eigenvalue weighted by Crippen LogP contribution is -2.53. The molecule has 2 aliphatic rings. The van der Waals surface area contributed by atoms with Gasteiger partial charge in [0.15, 0.2) is 0 Å². The Balaban J connectivity index is 0.00000113. The van der Waals surface area contributed by atoms with Gasteiger partial charge >= 0.3 is 0 Å². The van der Waals surface area contributed by atoms with Gasteiger partial charge in [-0.25, -0.2) is 0 Å². The molecule has 0 aliphatic carbocycles. The largest absolute Gasteiger partial charge is 0.496 e. The highest BCUT2D eigenvalue weighted by molar-refractivity contribution is 5.86. The molecule has 0 bridgehead atoms. The second-order valence-corrected chi connectivity index (χ2v) is 6.11. The molecule has 2 unspecified atom stereocenters. The normalized spacial score (nSPS) is 21.7. The first-order valence-electron chi connectivity index (χ1n) is 8.03. The van der Waals surface area contributed by atoms with Crippen LogP contribution >= 0.6 is 24.8 Å². The molecule has 1 fully saturated rings. The third-order valence-electron chi connectivity index (χ3n) is 4.89. The number of rotatable bonds is 2. The first-order chi connectivity index (χ1) is 11.3. The third kappa shape index (κ3) is 3.34. The van der Waals surface area contributed by atoms with Crippen molar-refractivity contribution in [3.8, 4) is 5.75 Å². The third-order valence-corrected chi connectivity index (χ3v) is 4.89. The fourth-order valence-corrected chi connectivity index (χ4v) is 3.88. The number of piperazine rings is 1. The van der Waals surface area contributed by atoms with Crippen LogP contribution in [-0.2, 0) is 4.79 Å². The monoisotopic (exact) mass is 380 g/mol. The summed E-state index contributed by atoms with van der Waals surface area (Å²) in [5, 5.41) is 2.99. The Morgan fingerprint density at radius 2 is 1.84 bits per heavy atom. The van der Waals surface area contributed by atoms with E-state index in [4.69, 9.17) is 4.74 Å². The average molecular weight is 381 g/mol. The van der Waals surface area contributed by atoms with E-state index in [2.05, 4.69) is 40.5 Å².